The molecule has 1 aliphatic heterocycles. The number of hydrogen-bond donors (Lipinski definition) is 1. The van der Waals surface area contributed by atoms with Gasteiger partial charge in [-0.05, 0) is 67.2 Å². The lowest BCUT2D eigenvalue weighted by Gasteiger charge is -2.18. The van der Waals surface area contributed by atoms with Crippen LogP contribution in [-0.2, 0) is 13.1 Å². The molecular weight excluding hydrogens is 391 g/mol. The number of nitrogens with one attached hydrogen (secondary N) is 1. The van der Waals surface area contributed by atoms with Gasteiger partial charge < -0.3 is 5.32 Å². The number of carbonyl (C=O) groups is 1. The van der Waals surface area contributed by atoms with Crippen molar-refractivity contribution in [2.24, 2.45) is 0 Å². The van der Waals surface area contributed by atoms with Crippen LogP contribution in [-0.4, -0.2) is 33.7 Å². The summed E-state index contributed by atoms with van der Waals surface area (Å²) in [6.07, 6.45) is 4.12. The van der Waals surface area contributed by atoms with Gasteiger partial charge in [0.05, 0.1) is 23.1 Å². The third kappa shape index (κ3) is 4.85. The van der Waals surface area contributed by atoms with E-state index in [-0.39, 0.29) is 17.6 Å². The number of benzene rings is 2. The standard InChI is InChI=1S/C25H29FN4O/c1-18(2)24-23(16-28-30(24)22-11-9-21(26)10-12-22)25(31)27-15-19-7-3-4-8-20(19)17-29-13-5-6-14-29/h3-4,7-12,16,18H,5-6,13-15,17H2,1-2H3,(H,27,31). The van der Waals surface area contributed by atoms with Crippen molar-refractivity contribution < 1.29 is 9.18 Å². The number of likely N-dealkylation sites (tertiary alicyclic amines) is 1. The van der Waals surface area contributed by atoms with Crippen LogP contribution in [0.4, 0.5) is 4.39 Å². The molecule has 0 atom stereocenters. The van der Waals surface area contributed by atoms with Crippen LogP contribution in [0.5, 0.6) is 0 Å². The highest BCUT2D eigenvalue weighted by Gasteiger charge is 2.21. The molecule has 0 radical (unpaired) electrons. The van der Waals surface area contributed by atoms with E-state index in [1.54, 1.807) is 23.0 Å². The fourth-order valence-corrected chi connectivity index (χ4v) is 4.21. The third-order valence-corrected chi connectivity index (χ3v) is 5.82. The number of amides is 1. The van der Waals surface area contributed by atoms with Crippen LogP contribution in [0, 0.1) is 5.82 Å². The maximum Gasteiger partial charge on any atom is 0.255 e. The summed E-state index contributed by atoms with van der Waals surface area (Å²) in [5, 5.41) is 7.51. The molecule has 4 rings (SSSR count). The summed E-state index contributed by atoms with van der Waals surface area (Å²) in [4.78, 5) is 15.5. The molecule has 0 bridgehead atoms. The smallest absolute Gasteiger partial charge is 0.255 e. The van der Waals surface area contributed by atoms with Crippen LogP contribution in [0.3, 0.4) is 0 Å². The Hall–Kier alpha value is -2.99. The SMILES string of the molecule is CC(C)c1c(C(=O)NCc2ccccc2CN2CCCC2)cnn1-c1ccc(F)cc1. The van der Waals surface area contributed by atoms with Crippen LogP contribution >= 0.6 is 0 Å². The summed E-state index contributed by atoms with van der Waals surface area (Å²) < 4.78 is 15.0. The molecule has 6 heteroatoms. The predicted octanol–water partition coefficient (Wildman–Crippen LogP) is 4.66. The second-order valence-corrected chi connectivity index (χ2v) is 8.42. The number of halogens is 1. The van der Waals surface area contributed by atoms with Gasteiger partial charge in [0, 0.05) is 13.1 Å². The molecule has 0 aliphatic carbocycles. The molecule has 3 aromatic rings. The molecule has 2 heterocycles. The summed E-state index contributed by atoms with van der Waals surface area (Å²) in [5.74, 6) is -0.364. The van der Waals surface area contributed by atoms with Crippen molar-refractivity contribution in [3.63, 3.8) is 0 Å². The Bertz CT molecular complexity index is 1040. The average molecular weight is 421 g/mol. The van der Waals surface area contributed by atoms with Gasteiger partial charge >= 0.3 is 0 Å². The molecule has 162 valence electrons. The largest absolute Gasteiger partial charge is 0.348 e. The van der Waals surface area contributed by atoms with Gasteiger partial charge in [0.15, 0.2) is 0 Å². The van der Waals surface area contributed by atoms with E-state index >= 15 is 0 Å². The van der Waals surface area contributed by atoms with Crippen LogP contribution in [0.1, 0.15) is 59.8 Å². The molecule has 2 aromatic carbocycles. The van der Waals surface area contributed by atoms with Crippen LogP contribution < -0.4 is 5.32 Å². The fraction of sp³-hybridized carbons (Fsp3) is 0.360. The highest BCUT2D eigenvalue weighted by atomic mass is 19.1. The maximum atomic E-state index is 13.3. The molecule has 1 aromatic heterocycles. The number of carbonyl (C=O) groups excluding carboxylic acids is 1. The Balaban J connectivity index is 1.51. The van der Waals surface area contributed by atoms with Gasteiger partial charge in [0.2, 0.25) is 0 Å². The Kier molecular flexibility index (Phi) is 6.47. The molecule has 1 saturated heterocycles. The Morgan fingerprint density at radius 3 is 2.42 bits per heavy atom. The third-order valence-electron chi connectivity index (χ3n) is 5.82. The van der Waals surface area contributed by atoms with Gasteiger partial charge in [-0.1, -0.05) is 38.1 Å². The predicted molar refractivity (Wildman–Crippen MR) is 120 cm³/mol. The topological polar surface area (TPSA) is 50.2 Å². The van der Waals surface area contributed by atoms with Gasteiger partial charge in [-0.25, -0.2) is 9.07 Å². The van der Waals surface area contributed by atoms with Gasteiger partial charge in [0.1, 0.15) is 5.82 Å². The molecule has 1 amide bonds. The quantitative estimate of drug-likeness (QED) is 0.605. The lowest BCUT2D eigenvalue weighted by Crippen LogP contribution is -2.26. The second kappa shape index (κ2) is 9.43. The highest BCUT2D eigenvalue weighted by molar-refractivity contribution is 5.95. The zero-order chi connectivity index (χ0) is 21.8. The van der Waals surface area contributed by atoms with E-state index < -0.39 is 0 Å². The van der Waals surface area contributed by atoms with Gasteiger partial charge in [-0.15, -0.1) is 0 Å². The van der Waals surface area contributed by atoms with Gasteiger partial charge in [-0.3, -0.25) is 9.69 Å². The first kappa shape index (κ1) is 21.2. The second-order valence-electron chi connectivity index (χ2n) is 8.42. The van der Waals surface area contributed by atoms with Crippen LogP contribution in [0.15, 0.2) is 54.7 Å². The minimum Gasteiger partial charge on any atom is -0.348 e. The Morgan fingerprint density at radius 1 is 1.06 bits per heavy atom. The first-order valence-electron chi connectivity index (χ1n) is 10.9. The maximum absolute atomic E-state index is 13.3. The normalized spacial score (nSPS) is 14.3. The highest BCUT2D eigenvalue weighted by Crippen LogP contribution is 2.23. The minimum absolute atomic E-state index is 0.0794. The lowest BCUT2D eigenvalue weighted by atomic mass is 10.0. The molecule has 31 heavy (non-hydrogen) atoms. The van der Waals surface area contributed by atoms with E-state index in [4.69, 9.17) is 0 Å². The molecule has 0 saturated carbocycles. The Labute approximate surface area is 182 Å². The van der Waals surface area contributed by atoms with Crippen molar-refractivity contribution in [1.29, 1.82) is 0 Å². The van der Waals surface area contributed by atoms with Crippen molar-refractivity contribution in [2.45, 2.75) is 45.7 Å². The zero-order valence-electron chi connectivity index (χ0n) is 18.1. The summed E-state index contributed by atoms with van der Waals surface area (Å²) in [6.45, 7) is 7.73. The summed E-state index contributed by atoms with van der Waals surface area (Å²) in [6, 6.07) is 14.4. The number of rotatable bonds is 7. The van der Waals surface area contributed by atoms with E-state index in [1.807, 2.05) is 19.9 Å². The molecular formula is C25H29FN4O. The first-order chi connectivity index (χ1) is 15.0. The van der Waals surface area contributed by atoms with Crippen molar-refractivity contribution in [3.8, 4) is 5.69 Å². The zero-order valence-corrected chi connectivity index (χ0v) is 18.1. The number of aromatic nitrogens is 2. The van der Waals surface area contributed by atoms with Gasteiger partial charge in [0.25, 0.3) is 5.91 Å². The van der Waals surface area contributed by atoms with Crippen molar-refractivity contribution in [3.05, 3.63) is 82.9 Å². The minimum atomic E-state index is -0.299. The first-order valence-corrected chi connectivity index (χ1v) is 10.9. The van der Waals surface area contributed by atoms with Crippen molar-refractivity contribution >= 4 is 5.91 Å². The molecule has 1 N–H and O–H groups in total. The van der Waals surface area contributed by atoms with E-state index in [0.29, 0.717) is 12.1 Å². The summed E-state index contributed by atoms with van der Waals surface area (Å²) in [7, 11) is 0. The summed E-state index contributed by atoms with van der Waals surface area (Å²) >= 11 is 0. The average Bonchev–Trinajstić information content (AvgIpc) is 3.43. The lowest BCUT2D eigenvalue weighted by molar-refractivity contribution is 0.0949. The molecule has 0 unspecified atom stereocenters. The van der Waals surface area contributed by atoms with E-state index in [9.17, 15) is 9.18 Å². The molecule has 5 nitrogen and oxygen atoms in total. The van der Waals surface area contributed by atoms with Crippen molar-refractivity contribution in [2.75, 3.05) is 13.1 Å². The summed E-state index contributed by atoms with van der Waals surface area (Å²) in [5.41, 5.74) is 4.50. The van der Waals surface area contributed by atoms with Crippen LogP contribution in [0.2, 0.25) is 0 Å². The number of hydrogen-bond acceptors (Lipinski definition) is 3. The number of nitrogens with zero attached hydrogens (tertiary/aromatic N) is 3. The van der Waals surface area contributed by atoms with E-state index in [2.05, 4.69) is 33.5 Å². The Morgan fingerprint density at radius 2 is 1.74 bits per heavy atom. The molecule has 1 aliphatic rings. The molecule has 0 spiro atoms. The fourth-order valence-electron chi connectivity index (χ4n) is 4.21. The molecule has 1 fully saturated rings. The monoisotopic (exact) mass is 420 g/mol. The van der Waals surface area contributed by atoms with E-state index in [0.717, 1.165) is 36.6 Å². The van der Waals surface area contributed by atoms with E-state index in [1.165, 1.54) is 30.5 Å². The van der Waals surface area contributed by atoms with Crippen molar-refractivity contribution in [1.82, 2.24) is 20.0 Å². The van der Waals surface area contributed by atoms with Crippen LogP contribution in [0.25, 0.3) is 5.69 Å². The van der Waals surface area contributed by atoms with Gasteiger partial charge in [-0.2, -0.15) is 5.10 Å².